The van der Waals surface area contributed by atoms with Crippen molar-refractivity contribution in [2.24, 2.45) is 0 Å². The lowest BCUT2D eigenvalue weighted by Crippen LogP contribution is -2.36. The summed E-state index contributed by atoms with van der Waals surface area (Å²) >= 11 is 0. The number of fused-ring (bicyclic) bond motifs is 3. The highest BCUT2D eigenvalue weighted by molar-refractivity contribution is 6.07. The summed E-state index contributed by atoms with van der Waals surface area (Å²) in [5.41, 5.74) is 2.63. The van der Waals surface area contributed by atoms with Crippen molar-refractivity contribution in [3.8, 4) is 5.75 Å². The zero-order chi connectivity index (χ0) is 17.6. The second-order valence-electron chi connectivity index (χ2n) is 6.08. The summed E-state index contributed by atoms with van der Waals surface area (Å²) in [4.78, 5) is 17.3. The van der Waals surface area contributed by atoms with E-state index in [9.17, 15) is 9.90 Å². The number of allylic oxidation sites excluding steroid dienone is 1. The number of carbonyl (C=O) groups excluding carboxylic acids is 1. The number of rotatable bonds is 2. The Morgan fingerprint density at radius 3 is 2.68 bits per heavy atom. The van der Waals surface area contributed by atoms with E-state index < -0.39 is 12.2 Å². The Bertz CT molecular complexity index is 989. The van der Waals surface area contributed by atoms with Crippen molar-refractivity contribution in [1.29, 1.82) is 0 Å². The van der Waals surface area contributed by atoms with Gasteiger partial charge in [0.1, 0.15) is 11.3 Å². The maximum absolute atomic E-state index is 12.7. The molecule has 0 radical (unpaired) electrons. The number of hydrogen-bond acceptors (Lipinski definition) is 4. The standard InChI is InChI=1S/C20H18N2O3/c1-3-11-22-12(2)21-16-15(22)10-9-14-17(23)18(24)19(25-20(14)16)13-7-5-4-6-8-13/h3-11,18-19,24H,1-2H3/t18-,19+/m0/s1. The van der Waals surface area contributed by atoms with E-state index in [4.69, 9.17) is 4.74 Å². The molecule has 4 rings (SSSR count). The van der Waals surface area contributed by atoms with Gasteiger partial charge in [-0.25, -0.2) is 4.98 Å². The van der Waals surface area contributed by atoms with Crippen LogP contribution in [0.5, 0.6) is 5.75 Å². The van der Waals surface area contributed by atoms with Gasteiger partial charge in [0.05, 0.1) is 11.1 Å². The third-order valence-corrected chi connectivity index (χ3v) is 4.48. The number of aryl methyl sites for hydroxylation is 1. The summed E-state index contributed by atoms with van der Waals surface area (Å²) in [6, 6.07) is 12.8. The van der Waals surface area contributed by atoms with Crippen LogP contribution in [-0.2, 0) is 0 Å². The molecule has 0 fully saturated rings. The molecule has 3 aromatic rings. The van der Waals surface area contributed by atoms with Gasteiger partial charge in [-0.1, -0.05) is 36.4 Å². The monoisotopic (exact) mass is 334 g/mol. The van der Waals surface area contributed by atoms with Crippen molar-refractivity contribution in [3.63, 3.8) is 0 Å². The highest BCUT2D eigenvalue weighted by Gasteiger charge is 2.38. The van der Waals surface area contributed by atoms with Gasteiger partial charge in [-0.15, -0.1) is 0 Å². The van der Waals surface area contributed by atoms with Crippen molar-refractivity contribution in [2.75, 3.05) is 0 Å². The van der Waals surface area contributed by atoms with Crippen LogP contribution in [0.3, 0.4) is 0 Å². The minimum Gasteiger partial charge on any atom is -0.479 e. The van der Waals surface area contributed by atoms with Crippen LogP contribution in [0, 0.1) is 6.92 Å². The second kappa shape index (κ2) is 5.86. The summed E-state index contributed by atoms with van der Waals surface area (Å²) in [7, 11) is 0. The van der Waals surface area contributed by atoms with E-state index in [0.717, 1.165) is 16.9 Å². The van der Waals surface area contributed by atoms with Crippen LogP contribution in [0.4, 0.5) is 0 Å². The van der Waals surface area contributed by atoms with Gasteiger partial charge in [-0.05, 0) is 31.5 Å². The third kappa shape index (κ3) is 2.36. The second-order valence-corrected chi connectivity index (χ2v) is 6.08. The van der Waals surface area contributed by atoms with E-state index in [1.165, 1.54) is 0 Å². The highest BCUT2D eigenvalue weighted by Crippen LogP contribution is 2.40. The Labute approximate surface area is 145 Å². The van der Waals surface area contributed by atoms with Gasteiger partial charge in [-0.3, -0.25) is 4.79 Å². The van der Waals surface area contributed by atoms with Crippen molar-refractivity contribution in [1.82, 2.24) is 9.55 Å². The molecule has 1 aliphatic heterocycles. The summed E-state index contributed by atoms with van der Waals surface area (Å²) in [5.74, 6) is 0.906. The van der Waals surface area contributed by atoms with E-state index in [1.54, 1.807) is 6.07 Å². The molecule has 1 N–H and O–H groups in total. The van der Waals surface area contributed by atoms with Crippen LogP contribution in [0.2, 0.25) is 0 Å². The number of ketones is 1. The van der Waals surface area contributed by atoms with Gasteiger partial charge in [0, 0.05) is 6.20 Å². The fourth-order valence-electron chi connectivity index (χ4n) is 3.29. The SMILES string of the molecule is CC=Cn1c(C)nc2c3c(ccc21)C(=O)[C@H](O)[C@@H](c1ccccc1)O3. The van der Waals surface area contributed by atoms with Gasteiger partial charge >= 0.3 is 0 Å². The van der Waals surface area contributed by atoms with Gasteiger partial charge in [-0.2, -0.15) is 0 Å². The largest absolute Gasteiger partial charge is 0.479 e. The topological polar surface area (TPSA) is 64.4 Å². The molecule has 0 saturated carbocycles. The summed E-state index contributed by atoms with van der Waals surface area (Å²) in [6.45, 7) is 3.84. The highest BCUT2D eigenvalue weighted by atomic mass is 16.5. The first kappa shape index (κ1) is 15.6. The predicted molar refractivity (Wildman–Crippen MR) is 95.6 cm³/mol. The average Bonchev–Trinajstić information content (AvgIpc) is 2.95. The first-order chi connectivity index (χ1) is 12.1. The van der Waals surface area contributed by atoms with E-state index in [-0.39, 0.29) is 5.78 Å². The Kier molecular flexibility index (Phi) is 3.66. The zero-order valence-electron chi connectivity index (χ0n) is 14.0. The Hall–Kier alpha value is -2.92. The number of aliphatic hydroxyl groups is 1. The molecule has 0 unspecified atom stereocenters. The summed E-state index contributed by atoms with van der Waals surface area (Å²) in [6.07, 6.45) is 1.88. The van der Waals surface area contributed by atoms with Crippen molar-refractivity contribution < 1.29 is 14.6 Å². The molecule has 2 heterocycles. The molecular weight excluding hydrogens is 316 g/mol. The fourth-order valence-corrected chi connectivity index (χ4v) is 3.29. The van der Waals surface area contributed by atoms with Crippen LogP contribution in [0.15, 0.2) is 48.5 Å². The molecule has 0 aliphatic carbocycles. The van der Waals surface area contributed by atoms with Crippen LogP contribution >= 0.6 is 0 Å². The molecule has 0 saturated heterocycles. The van der Waals surface area contributed by atoms with Crippen LogP contribution in [-0.4, -0.2) is 26.5 Å². The fraction of sp³-hybridized carbons (Fsp3) is 0.200. The van der Waals surface area contributed by atoms with E-state index >= 15 is 0 Å². The van der Waals surface area contributed by atoms with Crippen molar-refractivity contribution >= 4 is 23.0 Å². The maximum atomic E-state index is 12.7. The Morgan fingerprint density at radius 2 is 1.96 bits per heavy atom. The van der Waals surface area contributed by atoms with Gasteiger partial charge < -0.3 is 14.4 Å². The number of hydrogen-bond donors (Lipinski definition) is 1. The smallest absolute Gasteiger partial charge is 0.199 e. The molecule has 0 amide bonds. The van der Waals surface area contributed by atoms with E-state index in [1.807, 2.05) is 67.1 Å². The molecule has 0 bridgehead atoms. The number of ether oxygens (including phenoxy) is 1. The van der Waals surface area contributed by atoms with Gasteiger partial charge in [0.2, 0.25) is 0 Å². The summed E-state index contributed by atoms with van der Waals surface area (Å²) < 4.78 is 8.04. The number of Topliss-reactive ketones (excluding diaryl/α,β-unsaturated/α-hetero) is 1. The average molecular weight is 334 g/mol. The molecule has 25 heavy (non-hydrogen) atoms. The lowest BCUT2D eigenvalue weighted by Gasteiger charge is -2.29. The number of nitrogens with zero attached hydrogens (tertiary/aromatic N) is 2. The maximum Gasteiger partial charge on any atom is 0.199 e. The third-order valence-electron chi connectivity index (χ3n) is 4.48. The number of aliphatic hydroxyl groups excluding tert-OH is 1. The first-order valence-electron chi connectivity index (χ1n) is 8.20. The quantitative estimate of drug-likeness (QED) is 0.779. The normalized spacial score (nSPS) is 20.0. The minimum absolute atomic E-state index is 0.338. The lowest BCUT2D eigenvalue weighted by molar-refractivity contribution is 0.0223. The molecule has 2 aromatic carbocycles. The van der Waals surface area contributed by atoms with Gasteiger partial charge in [0.15, 0.2) is 23.7 Å². The Morgan fingerprint density at radius 1 is 1.20 bits per heavy atom. The molecule has 5 nitrogen and oxygen atoms in total. The lowest BCUT2D eigenvalue weighted by atomic mass is 9.93. The number of aromatic nitrogens is 2. The molecule has 126 valence electrons. The van der Waals surface area contributed by atoms with Crippen LogP contribution in [0.1, 0.15) is 34.8 Å². The predicted octanol–water partition coefficient (Wildman–Crippen LogP) is 3.51. The number of carbonyl (C=O) groups is 1. The Balaban J connectivity index is 1.91. The molecule has 1 aliphatic rings. The molecule has 0 spiro atoms. The van der Waals surface area contributed by atoms with E-state index in [2.05, 4.69) is 4.98 Å². The first-order valence-corrected chi connectivity index (χ1v) is 8.20. The van der Waals surface area contributed by atoms with Crippen molar-refractivity contribution in [3.05, 3.63) is 65.5 Å². The minimum atomic E-state index is -1.23. The van der Waals surface area contributed by atoms with Crippen molar-refractivity contribution in [2.45, 2.75) is 26.1 Å². The number of imidazole rings is 1. The van der Waals surface area contributed by atoms with Gasteiger partial charge in [0.25, 0.3) is 0 Å². The van der Waals surface area contributed by atoms with Crippen LogP contribution < -0.4 is 4.74 Å². The number of benzene rings is 2. The summed E-state index contributed by atoms with van der Waals surface area (Å²) in [5, 5.41) is 10.4. The zero-order valence-corrected chi connectivity index (χ0v) is 14.0. The molecular formula is C20H18N2O3. The molecule has 5 heteroatoms. The molecule has 1 aromatic heterocycles. The molecule has 2 atom stereocenters. The van der Waals surface area contributed by atoms with Crippen LogP contribution in [0.25, 0.3) is 17.2 Å². The van der Waals surface area contributed by atoms with E-state index in [0.29, 0.717) is 16.8 Å².